The first kappa shape index (κ1) is 21.1. The minimum atomic E-state index is 0.511. The van der Waals surface area contributed by atoms with E-state index in [9.17, 15) is 5.26 Å². The van der Waals surface area contributed by atoms with Crippen LogP contribution in [0.5, 0.6) is 5.75 Å². The van der Waals surface area contributed by atoms with Crippen LogP contribution in [0.3, 0.4) is 0 Å². The zero-order valence-corrected chi connectivity index (χ0v) is 18.1. The van der Waals surface area contributed by atoms with E-state index in [1.54, 1.807) is 20.3 Å². The second kappa shape index (κ2) is 8.83. The third-order valence-corrected chi connectivity index (χ3v) is 5.40. The summed E-state index contributed by atoms with van der Waals surface area (Å²) in [5.41, 5.74) is 13.1. The second-order valence-electron chi connectivity index (χ2n) is 7.18. The number of hydrogen-bond donors (Lipinski definition) is 3. The second-order valence-corrected chi connectivity index (χ2v) is 7.18. The van der Waals surface area contributed by atoms with Crippen LogP contribution < -0.4 is 15.8 Å². The van der Waals surface area contributed by atoms with E-state index in [-0.39, 0.29) is 0 Å². The summed E-state index contributed by atoms with van der Waals surface area (Å²) >= 11 is 0. The van der Waals surface area contributed by atoms with E-state index in [4.69, 9.17) is 15.2 Å². The van der Waals surface area contributed by atoms with Gasteiger partial charge in [0.1, 0.15) is 11.8 Å². The lowest BCUT2D eigenvalue weighted by molar-refractivity contribution is 0.282. The van der Waals surface area contributed by atoms with Crippen LogP contribution >= 0.6 is 0 Å². The zero-order valence-electron chi connectivity index (χ0n) is 18.1. The first-order valence-electron chi connectivity index (χ1n) is 9.90. The van der Waals surface area contributed by atoms with Gasteiger partial charge in [-0.05, 0) is 43.2 Å². The first-order valence-corrected chi connectivity index (χ1v) is 9.90. The maximum Gasteiger partial charge on any atom is 0.118 e. The quantitative estimate of drug-likeness (QED) is 0.365. The summed E-state index contributed by atoms with van der Waals surface area (Å²) in [5.74, 6) is 1.71. The lowest BCUT2D eigenvalue weighted by Gasteiger charge is -2.15. The van der Waals surface area contributed by atoms with Gasteiger partial charge in [-0.15, -0.1) is 0 Å². The Kier molecular flexibility index (Phi) is 6.22. The molecule has 6 heteroatoms. The molecule has 1 aromatic heterocycles. The van der Waals surface area contributed by atoms with Crippen molar-refractivity contribution in [1.82, 2.24) is 4.98 Å². The molecule has 3 aromatic rings. The number of nitrogen functional groups attached to an aromatic ring is 1. The molecule has 0 spiro atoms. The molecule has 0 radical (unpaired) electrons. The minimum absolute atomic E-state index is 0.511. The molecule has 156 valence electrons. The number of hydrogen-bond acceptors (Lipinski definition) is 5. The van der Waals surface area contributed by atoms with Gasteiger partial charge in [-0.25, -0.2) is 0 Å². The standard InChI is InChI=1S/C24H28N4O2/c1-6-20(30-5)14(2)21-15(3)28-24-19(26)11-17(12-25)23(22(21)24)27-13-16-7-9-18(29-4)10-8-16/h7-11,27-28H,6,13,26H2,1-5H3/b20-14+. The number of fused-ring (bicyclic) bond motifs is 1. The molecule has 0 bridgehead atoms. The normalized spacial score (nSPS) is 11.7. The van der Waals surface area contributed by atoms with Gasteiger partial charge in [0, 0.05) is 29.6 Å². The third kappa shape index (κ3) is 3.79. The Morgan fingerprint density at radius 3 is 2.50 bits per heavy atom. The molecule has 0 saturated heterocycles. The molecule has 0 amide bonds. The SMILES string of the molecule is CC/C(OC)=C(/C)c1c(C)[nH]c2c(N)cc(C#N)c(NCc3ccc(OC)cc3)c12. The number of H-pyrrole nitrogens is 1. The minimum Gasteiger partial charge on any atom is -0.501 e. The molecule has 0 aliphatic rings. The van der Waals surface area contributed by atoms with Crippen molar-refractivity contribution in [3.63, 3.8) is 0 Å². The van der Waals surface area contributed by atoms with Crippen molar-refractivity contribution in [2.24, 2.45) is 0 Å². The Bertz CT molecular complexity index is 1130. The molecule has 0 saturated carbocycles. The molecule has 4 N–H and O–H groups in total. The monoisotopic (exact) mass is 404 g/mol. The highest BCUT2D eigenvalue weighted by atomic mass is 16.5. The van der Waals surface area contributed by atoms with Crippen molar-refractivity contribution in [1.29, 1.82) is 5.26 Å². The van der Waals surface area contributed by atoms with E-state index in [2.05, 4.69) is 23.3 Å². The van der Waals surface area contributed by atoms with Crippen molar-refractivity contribution in [2.75, 3.05) is 25.3 Å². The summed E-state index contributed by atoms with van der Waals surface area (Å²) < 4.78 is 10.8. The molecule has 0 aliphatic carbocycles. The molecule has 6 nitrogen and oxygen atoms in total. The van der Waals surface area contributed by atoms with Gasteiger partial charge in [0.05, 0.1) is 42.4 Å². The largest absolute Gasteiger partial charge is 0.501 e. The Hall–Kier alpha value is -3.59. The van der Waals surface area contributed by atoms with E-state index >= 15 is 0 Å². The summed E-state index contributed by atoms with van der Waals surface area (Å²) in [6, 6.07) is 11.9. The number of allylic oxidation sites excluding steroid dienone is 2. The lowest BCUT2D eigenvalue weighted by atomic mass is 9.97. The van der Waals surface area contributed by atoms with Gasteiger partial charge >= 0.3 is 0 Å². The van der Waals surface area contributed by atoms with Crippen molar-refractivity contribution in [3.8, 4) is 11.8 Å². The van der Waals surface area contributed by atoms with E-state index in [1.807, 2.05) is 38.1 Å². The van der Waals surface area contributed by atoms with E-state index in [0.29, 0.717) is 17.8 Å². The number of nitrogens with one attached hydrogen (secondary N) is 2. The third-order valence-electron chi connectivity index (χ3n) is 5.40. The molecule has 0 atom stereocenters. The van der Waals surface area contributed by atoms with Crippen molar-refractivity contribution < 1.29 is 9.47 Å². The molecular formula is C24H28N4O2. The van der Waals surface area contributed by atoms with Gasteiger partial charge in [-0.1, -0.05) is 19.1 Å². The molecule has 2 aromatic carbocycles. The Labute approximate surface area is 177 Å². The van der Waals surface area contributed by atoms with Crippen LogP contribution in [0.25, 0.3) is 16.5 Å². The molecular weight excluding hydrogens is 376 g/mol. The highest BCUT2D eigenvalue weighted by molar-refractivity contribution is 6.08. The lowest BCUT2D eigenvalue weighted by Crippen LogP contribution is -2.04. The molecule has 0 fully saturated rings. The van der Waals surface area contributed by atoms with Crippen LogP contribution in [0, 0.1) is 18.3 Å². The number of anilines is 2. The summed E-state index contributed by atoms with van der Waals surface area (Å²) in [6.45, 7) is 6.68. The number of methoxy groups -OCH3 is 2. The Morgan fingerprint density at radius 1 is 1.23 bits per heavy atom. The number of aromatic nitrogens is 1. The molecule has 0 unspecified atom stereocenters. The fourth-order valence-electron chi connectivity index (χ4n) is 3.90. The van der Waals surface area contributed by atoms with Gasteiger partial charge < -0.3 is 25.5 Å². The van der Waals surface area contributed by atoms with E-state index in [0.717, 1.165) is 56.9 Å². The molecule has 30 heavy (non-hydrogen) atoms. The van der Waals surface area contributed by atoms with E-state index in [1.165, 1.54) is 0 Å². The average Bonchev–Trinajstić information content (AvgIpc) is 3.11. The average molecular weight is 405 g/mol. The Balaban J connectivity index is 2.17. The fraction of sp³-hybridized carbons (Fsp3) is 0.292. The number of nitrogens with zero attached hydrogens (tertiary/aromatic N) is 1. The van der Waals surface area contributed by atoms with Crippen LogP contribution in [0.2, 0.25) is 0 Å². The first-order chi connectivity index (χ1) is 14.4. The van der Waals surface area contributed by atoms with Crippen LogP contribution in [0.15, 0.2) is 36.1 Å². The number of ether oxygens (including phenoxy) is 2. The smallest absolute Gasteiger partial charge is 0.118 e. The molecule has 0 aliphatic heterocycles. The van der Waals surface area contributed by atoms with Crippen molar-refractivity contribution in [3.05, 3.63) is 58.5 Å². The van der Waals surface area contributed by atoms with Crippen LogP contribution in [-0.4, -0.2) is 19.2 Å². The fourth-order valence-corrected chi connectivity index (χ4v) is 3.90. The Morgan fingerprint density at radius 2 is 1.93 bits per heavy atom. The number of benzene rings is 2. The van der Waals surface area contributed by atoms with Gasteiger partial charge in [0.15, 0.2) is 0 Å². The van der Waals surface area contributed by atoms with Gasteiger partial charge in [-0.3, -0.25) is 0 Å². The number of aromatic amines is 1. The van der Waals surface area contributed by atoms with Gasteiger partial charge in [0.25, 0.3) is 0 Å². The topological polar surface area (TPSA) is 96.1 Å². The van der Waals surface area contributed by atoms with Crippen LogP contribution in [0.1, 0.15) is 42.7 Å². The number of nitrogens with two attached hydrogens (primary N) is 1. The highest BCUT2D eigenvalue weighted by Crippen LogP contribution is 2.40. The number of nitriles is 1. The number of aryl methyl sites for hydroxylation is 1. The summed E-state index contributed by atoms with van der Waals surface area (Å²) in [6.07, 6.45) is 0.774. The van der Waals surface area contributed by atoms with Gasteiger partial charge in [-0.2, -0.15) is 5.26 Å². The number of rotatable bonds is 7. The van der Waals surface area contributed by atoms with Crippen molar-refractivity contribution >= 4 is 27.9 Å². The van der Waals surface area contributed by atoms with Crippen LogP contribution in [-0.2, 0) is 11.3 Å². The van der Waals surface area contributed by atoms with Gasteiger partial charge in [0.2, 0.25) is 0 Å². The molecule has 3 rings (SSSR count). The molecule has 1 heterocycles. The predicted octanol–water partition coefficient (Wildman–Crippen LogP) is 5.34. The summed E-state index contributed by atoms with van der Waals surface area (Å²) in [4.78, 5) is 3.40. The van der Waals surface area contributed by atoms with Crippen molar-refractivity contribution in [2.45, 2.75) is 33.7 Å². The highest BCUT2D eigenvalue weighted by Gasteiger charge is 2.21. The summed E-state index contributed by atoms with van der Waals surface area (Å²) in [5, 5.41) is 14.2. The van der Waals surface area contributed by atoms with E-state index < -0.39 is 0 Å². The maximum absolute atomic E-state index is 9.80. The summed E-state index contributed by atoms with van der Waals surface area (Å²) in [7, 11) is 3.33. The zero-order chi connectivity index (χ0) is 21.8. The predicted molar refractivity (Wildman–Crippen MR) is 122 cm³/mol. The van der Waals surface area contributed by atoms with Crippen LogP contribution in [0.4, 0.5) is 11.4 Å². The maximum atomic E-state index is 9.80.